The highest BCUT2D eigenvalue weighted by atomic mass is 32.2. The summed E-state index contributed by atoms with van der Waals surface area (Å²) in [6.07, 6.45) is 2.99. The van der Waals surface area contributed by atoms with Crippen LogP contribution in [-0.4, -0.2) is 39.5 Å². The molecule has 178 valence electrons. The Labute approximate surface area is 209 Å². The van der Waals surface area contributed by atoms with E-state index in [2.05, 4.69) is 71.5 Å². The standard InChI is InChI=1S/C25H30N6OS2/c1-5-31(6-2)18-10-8-17(9-11-18)23-28-29-25(30(23)4)33-15-22(32)27-24-20(14-26)19-12-7-16(3)13-21(19)34-24/h8-11,16H,5-7,12-13,15H2,1-4H3,(H,27,32). The maximum atomic E-state index is 12.7. The van der Waals surface area contributed by atoms with E-state index in [0.29, 0.717) is 21.6 Å². The number of rotatable bonds is 8. The molecule has 0 saturated heterocycles. The molecule has 1 N–H and O–H groups in total. The highest BCUT2D eigenvalue weighted by Crippen LogP contribution is 2.39. The normalized spacial score (nSPS) is 15.0. The molecule has 0 radical (unpaired) electrons. The van der Waals surface area contributed by atoms with Crippen LogP contribution >= 0.6 is 23.1 Å². The molecule has 0 spiro atoms. The fraction of sp³-hybridized carbons (Fsp3) is 0.440. The average molecular weight is 495 g/mol. The number of thioether (sulfide) groups is 1. The van der Waals surface area contributed by atoms with E-state index in [4.69, 9.17) is 0 Å². The number of nitrogens with one attached hydrogen (secondary N) is 1. The van der Waals surface area contributed by atoms with Crippen molar-refractivity contribution in [3.63, 3.8) is 0 Å². The zero-order chi connectivity index (χ0) is 24.2. The van der Waals surface area contributed by atoms with Crippen LogP contribution in [0, 0.1) is 17.2 Å². The van der Waals surface area contributed by atoms with Crippen LogP contribution in [0.4, 0.5) is 10.7 Å². The SMILES string of the molecule is CCN(CC)c1ccc(-c2nnc(SCC(=O)Nc3sc4c(c3C#N)CCC(C)C4)n2C)cc1. The van der Waals surface area contributed by atoms with E-state index in [1.807, 2.05) is 11.6 Å². The van der Waals surface area contributed by atoms with E-state index < -0.39 is 0 Å². The molecule has 0 saturated carbocycles. The molecule has 1 aliphatic carbocycles. The van der Waals surface area contributed by atoms with E-state index in [0.717, 1.165) is 49.3 Å². The molecule has 2 aromatic heterocycles. The van der Waals surface area contributed by atoms with Crippen molar-refractivity contribution < 1.29 is 4.79 Å². The van der Waals surface area contributed by atoms with Gasteiger partial charge in [-0.25, -0.2) is 0 Å². The molecule has 7 nitrogen and oxygen atoms in total. The summed E-state index contributed by atoms with van der Waals surface area (Å²) in [5, 5.41) is 22.6. The molecule has 1 aromatic carbocycles. The number of benzene rings is 1. The first kappa shape index (κ1) is 24.3. The molecule has 1 unspecified atom stereocenters. The summed E-state index contributed by atoms with van der Waals surface area (Å²) in [6.45, 7) is 8.46. The summed E-state index contributed by atoms with van der Waals surface area (Å²) in [6, 6.07) is 10.6. The lowest BCUT2D eigenvalue weighted by Crippen LogP contribution is -2.21. The van der Waals surface area contributed by atoms with Gasteiger partial charge in [-0.05, 0) is 68.9 Å². The minimum absolute atomic E-state index is 0.138. The molecule has 1 amide bonds. The second-order valence-corrected chi connectivity index (χ2v) is 10.6. The molecule has 4 rings (SSSR count). The highest BCUT2D eigenvalue weighted by Gasteiger charge is 2.25. The number of amides is 1. The number of anilines is 2. The zero-order valence-electron chi connectivity index (χ0n) is 20.1. The molecule has 1 aliphatic rings. The van der Waals surface area contributed by atoms with Crippen molar-refractivity contribution in [2.75, 3.05) is 29.1 Å². The Hall–Kier alpha value is -2.83. The lowest BCUT2D eigenvalue weighted by molar-refractivity contribution is -0.113. The fourth-order valence-electron chi connectivity index (χ4n) is 4.35. The average Bonchev–Trinajstić information content (AvgIpc) is 3.37. The van der Waals surface area contributed by atoms with Crippen LogP contribution in [0.2, 0.25) is 0 Å². The van der Waals surface area contributed by atoms with Crippen LogP contribution in [0.5, 0.6) is 0 Å². The molecular formula is C25H30N6OS2. The van der Waals surface area contributed by atoms with Crippen molar-refractivity contribution in [1.29, 1.82) is 5.26 Å². The van der Waals surface area contributed by atoms with Gasteiger partial charge in [-0.2, -0.15) is 5.26 Å². The minimum Gasteiger partial charge on any atom is -0.372 e. The van der Waals surface area contributed by atoms with E-state index in [-0.39, 0.29) is 11.7 Å². The van der Waals surface area contributed by atoms with Crippen molar-refractivity contribution in [1.82, 2.24) is 14.8 Å². The molecule has 2 heterocycles. The van der Waals surface area contributed by atoms with E-state index in [9.17, 15) is 10.1 Å². The lowest BCUT2D eigenvalue weighted by Gasteiger charge is -2.21. The van der Waals surface area contributed by atoms with Gasteiger partial charge in [0.2, 0.25) is 5.91 Å². The third-order valence-electron chi connectivity index (χ3n) is 6.30. The number of nitriles is 1. The maximum Gasteiger partial charge on any atom is 0.235 e. The number of carbonyl (C=O) groups is 1. The Balaban J connectivity index is 1.41. The largest absolute Gasteiger partial charge is 0.372 e. The Morgan fingerprint density at radius 1 is 1.29 bits per heavy atom. The predicted molar refractivity (Wildman–Crippen MR) is 140 cm³/mol. The van der Waals surface area contributed by atoms with Gasteiger partial charge in [-0.15, -0.1) is 21.5 Å². The van der Waals surface area contributed by atoms with Crippen molar-refractivity contribution in [3.05, 3.63) is 40.3 Å². The van der Waals surface area contributed by atoms with Crippen molar-refractivity contribution in [2.24, 2.45) is 13.0 Å². The maximum absolute atomic E-state index is 12.7. The molecule has 0 fully saturated rings. The Kier molecular flexibility index (Phi) is 7.59. The zero-order valence-corrected chi connectivity index (χ0v) is 21.7. The van der Waals surface area contributed by atoms with Crippen LogP contribution in [0.3, 0.4) is 0 Å². The van der Waals surface area contributed by atoms with Crippen molar-refractivity contribution in [2.45, 2.75) is 45.2 Å². The number of carbonyl (C=O) groups excluding carboxylic acids is 1. The summed E-state index contributed by atoms with van der Waals surface area (Å²) in [7, 11) is 1.91. The fourth-order valence-corrected chi connectivity index (χ4v) is 6.44. The Bertz CT molecular complexity index is 1200. The van der Waals surface area contributed by atoms with Gasteiger partial charge in [0, 0.05) is 36.3 Å². The summed E-state index contributed by atoms with van der Waals surface area (Å²) in [5.74, 6) is 1.45. The van der Waals surface area contributed by atoms with Gasteiger partial charge in [-0.3, -0.25) is 4.79 Å². The van der Waals surface area contributed by atoms with Crippen LogP contribution in [0.15, 0.2) is 29.4 Å². The first-order chi connectivity index (χ1) is 16.4. The van der Waals surface area contributed by atoms with Gasteiger partial charge >= 0.3 is 0 Å². The highest BCUT2D eigenvalue weighted by molar-refractivity contribution is 7.99. The van der Waals surface area contributed by atoms with Crippen LogP contribution in [0.1, 0.15) is 43.2 Å². The second kappa shape index (κ2) is 10.6. The first-order valence-electron chi connectivity index (χ1n) is 11.7. The topological polar surface area (TPSA) is 86.8 Å². The number of aromatic nitrogens is 3. The van der Waals surface area contributed by atoms with Crippen molar-refractivity contribution in [3.8, 4) is 17.5 Å². The molecular weight excluding hydrogens is 464 g/mol. The lowest BCUT2D eigenvalue weighted by atomic mass is 9.89. The number of hydrogen-bond acceptors (Lipinski definition) is 7. The van der Waals surface area contributed by atoms with Crippen LogP contribution < -0.4 is 10.2 Å². The molecule has 34 heavy (non-hydrogen) atoms. The number of fused-ring (bicyclic) bond motifs is 1. The first-order valence-corrected chi connectivity index (χ1v) is 13.5. The van der Waals surface area contributed by atoms with Gasteiger partial charge in [0.1, 0.15) is 11.1 Å². The van der Waals surface area contributed by atoms with Crippen molar-refractivity contribution >= 4 is 39.7 Å². The molecule has 0 bridgehead atoms. The summed E-state index contributed by atoms with van der Waals surface area (Å²) in [4.78, 5) is 16.2. The monoisotopic (exact) mass is 494 g/mol. The van der Waals surface area contributed by atoms with Gasteiger partial charge in [0.15, 0.2) is 11.0 Å². The third kappa shape index (κ3) is 4.98. The van der Waals surface area contributed by atoms with Gasteiger partial charge in [-0.1, -0.05) is 18.7 Å². The molecule has 1 atom stereocenters. The number of nitrogens with zero attached hydrogens (tertiary/aromatic N) is 5. The minimum atomic E-state index is -0.138. The van der Waals surface area contributed by atoms with E-state index >= 15 is 0 Å². The van der Waals surface area contributed by atoms with E-state index in [1.165, 1.54) is 22.3 Å². The molecule has 3 aromatic rings. The van der Waals surface area contributed by atoms with E-state index in [1.54, 1.807) is 11.3 Å². The quantitative estimate of drug-likeness (QED) is 0.438. The Morgan fingerprint density at radius 2 is 2.03 bits per heavy atom. The van der Waals surface area contributed by atoms with Crippen LogP contribution in [-0.2, 0) is 24.7 Å². The van der Waals surface area contributed by atoms with Gasteiger partial charge in [0.25, 0.3) is 0 Å². The Morgan fingerprint density at radius 3 is 2.71 bits per heavy atom. The van der Waals surface area contributed by atoms with Crippen LogP contribution in [0.25, 0.3) is 11.4 Å². The molecule has 0 aliphatic heterocycles. The smallest absolute Gasteiger partial charge is 0.235 e. The number of thiophene rings is 1. The third-order valence-corrected chi connectivity index (χ3v) is 8.49. The summed E-state index contributed by atoms with van der Waals surface area (Å²) < 4.78 is 1.91. The van der Waals surface area contributed by atoms with Gasteiger partial charge < -0.3 is 14.8 Å². The molecule has 9 heteroatoms. The van der Waals surface area contributed by atoms with Gasteiger partial charge in [0.05, 0.1) is 11.3 Å². The summed E-state index contributed by atoms with van der Waals surface area (Å²) >= 11 is 2.90. The number of hydrogen-bond donors (Lipinski definition) is 1. The second-order valence-electron chi connectivity index (χ2n) is 8.59. The summed E-state index contributed by atoms with van der Waals surface area (Å²) in [5.41, 5.74) is 3.93. The predicted octanol–water partition coefficient (Wildman–Crippen LogP) is 5.12.